The summed E-state index contributed by atoms with van der Waals surface area (Å²) in [6.07, 6.45) is 0. The van der Waals surface area contributed by atoms with Gasteiger partial charge in [-0.05, 0) is 42.8 Å². The highest BCUT2D eigenvalue weighted by Crippen LogP contribution is 2.27. The molecule has 0 atom stereocenters. The monoisotopic (exact) mass is 414 g/mol. The molecule has 0 saturated carbocycles. The van der Waals surface area contributed by atoms with Crippen molar-refractivity contribution in [1.29, 1.82) is 0 Å². The van der Waals surface area contributed by atoms with Crippen LogP contribution in [0.4, 0.5) is 0 Å². The van der Waals surface area contributed by atoms with E-state index in [0.29, 0.717) is 49.1 Å². The zero-order valence-electron chi connectivity index (χ0n) is 16.3. The Kier molecular flexibility index (Phi) is 5.35. The Morgan fingerprint density at radius 2 is 1.62 bits per heavy atom. The molecule has 3 aromatic rings. The number of aromatic amines is 1. The Morgan fingerprint density at radius 3 is 2.28 bits per heavy atom. The standard InChI is InChI=1S/C20H22N4O4S/c1-14-3-4-16(13-18(14)29(25,26)24-9-11-28-12-10-24)20-21-19(22-23-20)15-5-7-17(27-2)8-6-15/h3-8,13H,9-12H2,1-2H3,(H,21,22,23). The van der Waals surface area contributed by atoms with E-state index in [9.17, 15) is 8.42 Å². The van der Waals surface area contributed by atoms with Gasteiger partial charge >= 0.3 is 0 Å². The van der Waals surface area contributed by atoms with Crippen LogP contribution in [-0.4, -0.2) is 61.3 Å². The Hall–Kier alpha value is -2.75. The van der Waals surface area contributed by atoms with Crippen molar-refractivity contribution in [2.45, 2.75) is 11.8 Å². The summed E-state index contributed by atoms with van der Waals surface area (Å²) in [6.45, 7) is 3.32. The summed E-state index contributed by atoms with van der Waals surface area (Å²) in [7, 11) is -1.99. The molecule has 1 fully saturated rings. The predicted molar refractivity (Wildman–Crippen MR) is 108 cm³/mol. The van der Waals surface area contributed by atoms with Crippen LogP contribution in [0.25, 0.3) is 22.8 Å². The van der Waals surface area contributed by atoms with Gasteiger partial charge in [-0.1, -0.05) is 12.1 Å². The number of methoxy groups -OCH3 is 1. The fourth-order valence-corrected chi connectivity index (χ4v) is 4.88. The van der Waals surface area contributed by atoms with Gasteiger partial charge in [-0.15, -0.1) is 10.2 Å². The lowest BCUT2D eigenvalue weighted by atomic mass is 10.1. The highest BCUT2D eigenvalue weighted by atomic mass is 32.2. The molecule has 8 nitrogen and oxygen atoms in total. The molecule has 1 aromatic heterocycles. The van der Waals surface area contributed by atoms with E-state index in [2.05, 4.69) is 15.2 Å². The lowest BCUT2D eigenvalue weighted by Gasteiger charge is -2.26. The van der Waals surface area contributed by atoms with Gasteiger partial charge in [0.15, 0.2) is 11.6 Å². The normalized spacial score (nSPS) is 15.4. The fraction of sp³-hybridized carbons (Fsp3) is 0.300. The number of nitrogens with zero attached hydrogens (tertiary/aromatic N) is 3. The average Bonchev–Trinajstić information content (AvgIpc) is 3.25. The number of rotatable bonds is 5. The molecule has 0 aliphatic carbocycles. The van der Waals surface area contributed by atoms with Crippen LogP contribution in [0.1, 0.15) is 5.56 Å². The molecule has 1 saturated heterocycles. The van der Waals surface area contributed by atoms with Gasteiger partial charge in [-0.2, -0.15) is 4.31 Å². The van der Waals surface area contributed by atoms with E-state index < -0.39 is 10.0 Å². The van der Waals surface area contributed by atoms with E-state index in [1.165, 1.54) is 4.31 Å². The topological polar surface area (TPSA) is 97.4 Å². The molecule has 0 bridgehead atoms. The molecule has 0 radical (unpaired) electrons. The quantitative estimate of drug-likeness (QED) is 0.689. The largest absolute Gasteiger partial charge is 0.497 e. The van der Waals surface area contributed by atoms with Crippen molar-refractivity contribution >= 4 is 10.0 Å². The number of benzene rings is 2. The minimum absolute atomic E-state index is 0.277. The summed E-state index contributed by atoms with van der Waals surface area (Å²) < 4.78 is 38.1. The molecule has 2 aromatic carbocycles. The second-order valence-corrected chi connectivity index (χ2v) is 8.65. The van der Waals surface area contributed by atoms with Crippen LogP contribution in [-0.2, 0) is 14.8 Å². The number of aryl methyl sites for hydroxylation is 1. The maximum Gasteiger partial charge on any atom is 0.243 e. The number of sulfonamides is 1. The lowest BCUT2D eigenvalue weighted by molar-refractivity contribution is 0.0730. The van der Waals surface area contributed by atoms with Gasteiger partial charge in [0.25, 0.3) is 0 Å². The third kappa shape index (κ3) is 3.89. The highest BCUT2D eigenvalue weighted by molar-refractivity contribution is 7.89. The first-order valence-electron chi connectivity index (χ1n) is 9.25. The van der Waals surface area contributed by atoms with Gasteiger partial charge < -0.3 is 14.5 Å². The smallest absolute Gasteiger partial charge is 0.243 e. The molecule has 0 amide bonds. The third-order valence-corrected chi connectivity index (χ3v) is 6.94. The second kappa shape index (κ2) is 7.94. The summed E-state index contributed by atoms with van der Waals surface area (Å²) in [5.41, 5.74) is 2.21. The van der Waals surface area contributed by atoms with Crippen molar-refractivity contribution in [3.63, 3.8) is 0 Å². The maximum absolute atomic E-state index is 13.1. The number of aromatic nitrogens is 3. The molecule has 1 N–H and O–H groups in total. The summed E-state index contributed by atoms with van der Waals surface area (Å²) in [5, 5.41) is 8.41. The van der Waals surface area contributed by atoms with Crippen molar-refractivity contribution in [3.05, 3.63) is 48.0 Å². The van der Waals surface area contributed by atoms with Gasteiger partial charge in [0.1, 0.15) is 5.75 Å². The van der Waals surface area contributed by atoms with Crippen molar-refractivity contribution in [3.8, 4) is 28.5 Å². The summed E-state index contributed by atoms with van der Waals surface area (Å²) >= 11 is 0. The van der Waals surface area contributed by atoms with Crippen LogP contribution in [0, 0.1) is 6.92 Å². The Balaban J connectivity index is 1.66. The Bertz CT molecular complexity index is 1100. The molecule has 1 aliphatic heterocycles. The molecular formula is C20H22N4O4S. The Morgan fingerprint density at radius 1 is 1.00 bits per heavy atom. The number of H-pyrrole nitrogens is 1. The van der Waals surface area contributed by atoms with Gasteiger partial charge in [-0.3, -0.25) is 0 Å². The SMILES string of the molecule is COc1ccc(-c2nnc(-c3ccc(C)c(S(=O)(=O)N4CCOCC4)c3)[nH]2)cc1. The molecule has 2 heterocycles. The average molecular weight is 414 g/mol. The first-order chi connectivity index (χ1) is 14.0. The van der Waals surface area contributed by atoms with Crippen LogP contribution in [0.15, 0.2) is 47.4 Å². The molecular weight excluding hydrogens is 392 g/mol. The number of nitrogens with one attached hydrogen (secondary N) is 1. The van der Waals surface area contributed by atoms with Gasteiger partial charge in [0.05, 0.1) is 25.2 Å². The van der Waals surface area contributed by atoms with Crippen LogP contribution in [0.2, 0.25) is 0 Å². The van der Waals surface area contributed by atoms with Crippen LogP contribution < -0.4 is 4.74 Å². The van der Waals surface area contributed by atoms with Crippen LogP contribution in [0.5, 0.6) is 5.75 Å². The minimum Gasteiger partial charge on any atom is -0.497 e. The van der Waals surface area contributed by atoms with Gasteiger partial charge in [0, 0.05) is 24.2 Å². The van der Waals surface area contributed by atoms with Crippen molar-refractivity contribution in [2.24, 2.45) is 0 Å². The van der Waals surface area contributed by atoms with Crippen molar-refractivity contribution < 1.29 is 17.9 Å². The van der Waals surface area contributed by atoms with Crippen molar-refractivity contribution in [1.82, 2.24) is 19.5 Å². The summed E-state index contributed by atoms with van der Waals surface area (Å²) in [6, 6.07) is 12.7. The molecule has 29 heavy (non-hydrogen) atoms. The number of morpholine rings is 1. The highest BCUT2D eigenvalue weighted by Gasteiger charge is 2.28. The first kappa shape index (κ1) is 19.6. The predicted octanol–water partition coefficient (Wildman–Crippen LogP) is 2.48. The van der Waals surface area contributed by atoms with E-state index in [1.807, 2.05) is 30.3 Å². The fourth-order valence-electron chi connectivity index (χ4n) is 3.22. The molecule has 9 heteroatoms. The van der Waals surface area contributed by atoms with Crippen LogP contribution >= 0.6 is 0 Å². The van der Waals surface area contributed by atoms with E-state index >= 15 is 0 Å². The maximum atomic E-state index is 13.1. The lowest BCUT2D eigenvalue weighted by Crippen LogP contribution is -2.40. The summed E-state index contributed by atoms with van der Waals surface area (Å²) in [5.74, 6) is 1.86. The molecule has 0 unspecified atom stereocenters. The van der Waals surface area contributed by atoms with Gasteiger partial charge in [0.2, 0.25) is 10.0 Å². The summed E-state index contributed by atoms with van der Waals surface area (Å²) in [4.78, 5) is 3.45. The number of hydrogen-bond donors (Lipinski definition) is 1. The minimum atomic E-state index is -3.60. The molecule has 152 valence electrons. The van der Waals surface area contributed by atoms with Crippen molar-refractivity contribution in [2.75, 3.05) is 33.4 Å². The number of hydrogen-bond acceptors (Lipinski definition) is 6. The third-order valence-electron chi connectivity index (χ3n) is 4.90. The Labute approximate surface area is 169 Å². The van der Waals surface area contributed by atoms with E-state index in [1.54, 1.807) is 26.2 Å². The van der Waals surface area contributed by atoms with E-state index in [-0.39, 0.29) is 4.90 Å². The van der Waals surface area contributed by atoms with Crippen LogP contribution in [0.3, 0.4) is 0 Å². The van der Waals surface area contributed by atoms with E-state index in [0.717, 1.165) is 11.3 Å². The zero-order chi connectivity index (χ0) is 20.4. The number of ether oxygens (including phenoxy) is 2. The molecule has 0 spiro atoms. The molecule has 4 rings (SSSR count). The zero-order valence-corrected chi connectivity index (χ0v) is 17.1. The van der Waals surface area contributed by atoms with E-state index in [4.69, 9.17) is 9.47 Å². The second-order valence-electron chi connectivity index (χ2n) is 6.75. The molecule has 1 aliphatic rings. The first-order valence-corrected chi connectivity index (χ1v) is 10.7. The van der Waals surface area contributed by atoms with Gasteiger partial charge in [-0.25, -0.2) is 8.42 Å².